The van der Waals surface area contributed by atoms with Gasteiger partial charge in [0.2, 0.25) is 0 Å². The minimum absolute atomic E-state index is 0.318. The lowest BCUT2D eigenvalue weighted by atomic mass is 10.2. The maximum absolute atomic E-state index is 4.94. The highest BCUT2D eigenvalue weighted by molar-refractivity contribution is 7.80. The van der Waals surface area contributed by atoms with Crippen LogP contribution in [-0.4, -0.2) is 11.2 Å². The summed E-state index contributed by atoms with van der Waals surface area (Å²) >= 11 is 4.94. The number of rotatable bonds is 1. The maximum Gasteiger partial charge on any atom is 0.171 e. The van der Waals surface area contributed by atoms with Gasteiger partial charge in [0.25, 0.3) is 0 Å². The second-order valence-corrected chi connectivity index (χ2v) is 2.88. The van der Waals surface area contributed by atoms with Gasteiger partial charge in [0.1, 0.15) is 0 Å². The number of hydrogen-bond donors (Lipinski definition) is 2. The Labute approximate surface area is 72.4 Å². The zero-order valence-corrected chi connectivity index (χ0v) is 7.53. The number of thiocarbonyl (C=S) groups is 1. The second-order valence-electron chi connectivity index (χ2n) is 2.47. The Morgan fingerprint density at radius 2 is 2.27 bits per heavy atom. The average Bonchev–Trinajstić information content (AvgIpc) is 2.26. The van der Waals surface area contributed by atoms with Crippen molar-refractivity contribution in [1.82, 2.24) is 10.6 Å². The second kappa shape index (κ2) is 3.53. The van der Waals surface area contributed by atoms with Crippen molar-refractivity contribution >= 4 is 17.3 Å². The number of hydrogen-bond acceptors (Lipinski definition) is 1. The third-order valence-corrected chi connectivity index (χ3v) is 1.76. The van der Waals surface area contributed by atoms with Crippen LogP contribution < -0.4 is 10.6 Å². The summed E-state index contributed by atoms with van der Waals surface area (Å²) in [6, 6.07) is 0.318. The monoisotopic (exact) mass is 168 g/mol. The predicted molar refractivity (Wildman–Crippen MR) is 51.2 cm³/mol. The minimum Gasteiger partial charge on any atom is -0.354 e. The SMILES string of the molecule is C/C=C\C=C1\NC(=S)NC1C. The Morgan fingerprint density at radius 1 is 1.55 bits per heavy atom. The molecule has 0 aromatic carbocycles. The summed E-state index contributed by atoms with van der Waals surface area (Å²) in [4.78, 5) is 0. The number of allylic oxidation sites excluding steroid dienone is 3. The molecule has 1 rings (SSSR count). The minimum atomic E-state index is 0.318. The summed E-state index contributed by atoms with van der Waals surface area (Å²) in [7, 11) is 0. The van der Waals surface area contributed by atoms with Crippen LogP contribution >= 0.6 is 12.2 Å². The molecule has 0 spiro atoms. The van der Waals surface area contributed by atoms with Crippen molar-refractivity contribution in [2.45, 2.75) is 19.9 Å². The normalized spacial score (nSPS) is 27.6. The largest absolute Gasteiger partial charge is 0.354 e. The van der Waals surface area contributed by atoms with Gasteiger partial charge in [0, 0.05) is 5.70 Å². The highest BCUT2D eigenvalue weighted by Crippen LogP contribution is 2.04. The van der Waals surface area contributed by atoms with E-state index in [0.29, 0.717) is 11.2 Å². The molecule has 0 aliphatic carbocycles. The maximum atomic E-state index is 4.94. The number of nitrogens with one attached hydrogen (secondary N) is 2. The molecule has 11 heavy (non-hydrogen) atoms. The van der Waals surface area contributed by atoms with Crippen molar-refractivity contribution in [3.8, 4) is 0 Å². The molecule has 1 aliphatic heterocycles. The van der Waals surface area contributed by atoms with Crippen LogP contribution in [0.3, 0.4) is 0 Å². The van der Waals surface area contributed by atoms with Gasteiger partial charge in [-0.15, -0.1) is 0 Å². The van der Waals surface area contributed by atoms with Gasteiger partial charge in [-0.05, 0) is 32.1 Å². The Bertz CT molecular complexity index is 218. The molecule has 1 saturated heterocycles. The van der Waals surface area contributed by atoms with Crippen molar-refractivity contribution < 1.29 is 0 Å². The molecule has 1 heterocycles. The smallest absolute Gasteiger partial charge is 0.171 e. The molecule has 0 bridgehead atoms. The molecule has 0 aromatic heterocycles. The first-order chi connectivity index (χ1) is 5.24. The van der Waals surface area contributed by atoms with Crippen LogP contribution in [0.15, 0.2) is 23.9 Å². The molecule has 0 radical (unpaired) electrons. The van der Waals surface area contributed by atoms with E-state index < -0.39 is 0 Å². The zero-order chi connectivity index (χ0) is 8.27. The molecule has 0 saturated carbocycles. The lowest BCUT2D eigenvalue weighted by Crippen LogP contribution is -2.23. The van der Waals surface area contributed by atoms with Gasteiger partial charge >= 0.3 is 0 Å². The standard InChI is InChI=1S/C8H12N2S/c1-3-4-5-7-6(2)9-8(11)10-7/h3-6H,1-2H3,(H2,9,10,11)/b4-3-,7-5+. The van der Waals surface area contributed by atoms with E-state index in [-0.39, 0.29) is 0 Å². The molecule has 1 unspecified atom stereocenters. The first-order valence-corrected chi connectivity index (χ1v) is 4.05. The van der Waals surface area contributed by atoms with Crippen LogP contribution in [-0.2, 0) is 0 Å². The van der Waals surface area contributed by atoms with Crippen molar-refractivity contribution in [1.29, 1.82) is 0 Å². The summed E-state index contributed by atoms with van der Waals surface area (Å²) in [5.74, 6) is 0. The first-order valence-electron chi connectivity index (χ1n) is 3.64. The Kier molecular flexibility index (Phi) is 2.65. The van der Waals surface area contributed by atoms with Gasteiger partial charge in [-0.2, -0.15) is 0 Å². The van der Waals surface area contributed by atoms with Crippen molar-refractivity contribution in [3.63, 3.8) is 0 Å². The van der Waals surface area contributed by atoms with E-state index in [4.69, 9.17) is 12.2 Å². The first kappa shape index (κ1) is 8.27. The molecule has 1 fully saturated rings. The molecular weight excluding hydrogens is 156 g/mol. The zero-order valence-electron chi connectivity index (χ0n) is 6.72. The predicted octanol–water partition coefficient (Wildman–Crippen LogP) is 1.31. The van der Waals surface area contributed by atoms with E-state index >= 15 is 0 Å². The van der Waals surface area contributed by atoms with Crippen molar-refractivity contribution in [2.24, 2.45) is 0 Å². The molecule has 2 N–H and O–H groups in total. The highest BCUT2D eigenvalue weighted by atomic mass is 32.1. The summed E-state index contributed by atoms with van der Waals surface area (Å²) in [6.45, 7) is 4.06. The summed E-state index contributed by atoms with van der Waals surface area (Å²) in [5.41, 5.74) is 1.13. The molecule has 1 aliphatic rings. The Morgan fingerprint density at radius 3 is 2.73 bits per heavy atom. The van der Waals surface area contributed by atoms with Gasteiger partial charge in [-0.1, -0.05) is 12.2 Å². The lowest BCUT2D eigenvalue weighted by molar-refractivity contribution is 0.804. The van der Waals surface area contributed by atoms with Crippen LogP contribution in [0.4, 0.5) is 0 Å². The third-order valence-electron chi connectivity index (χ3n) is 1.54. The van der Waals surface area contributed by atoms with E-state index in [9.17, 15) is 0 Å². The average molecular weight is 168 g/mol. The third kappa shape index (κ3) is 2.05. The van der Waals surface area contributed by atoms with E-state index in [0.717, 1.165) is 5.70 Å². The molecule has 2 nitrogen and oxygen atoms in total. The van der Waals surface area contributed by atoms with Crippen LogP contribution in [0.2, 0.25) is 0 Å². The van der Waals surface area contributed by atoms with E-state index in [2.05, 4.69) is 17.6 Å². The van der Waals surface area contributed by atoms with Crippen LogP contribution in [0.25, 0.3) is 0 Å². The lowest BCUT2D eigenvalue weighted by Gasteiger charge is -2.00. The molecule has 0 amide bonds. The highest BCUT2D eigenvalue weighted by Gasteiger charge is 2.17. The summed E-state index contributed by atoms with van der Waals surface area (Å²) in [6.07, 6.45) is 6.01. The van der Waals surface area contributed by atoms with E-state index in [1.807, 2.05) is 25.2 Å². The van der Waals surface area contributed by atoms with Crippen LogP contribution in [0.1, 0.15) is 13.8 Å². The van der Waals surface area contributed by atoms with Gasteiger partial charge in [0.15, 0.2) is 5.11 Å². The molecule has 60 valence electrons. The molecular formula is C8H12N2S. The molecule has 0 aromatic rings. The topological polar surface area (TPSA) is 24.1 Å². The van der Waals surface area contributed by atoms with Gasteiger partial charge in [-0.3, -0.25) is 0 Å². The summed E-state index contributed by atoms with van der Waals surface area (Å²) < 4.78 is 0. The fourth-order valence-corrected chi connectivity index (χ4v) is 1.23. The van der Waals surface area contributed by atoms with E-state index in [1.54, 1.807) is 0 Å². The van der Waals surface area contributed by atoms with Crippen molar-refractivity contribution in [2.75, 3.05) is 0 Å². The Hall–Kier alpha value is -0.830. The van der Waals surface area contributed by atoms with Crippen LogP contribution in [0.5, 0.6) is 0 Å². The fraction of sp³-hybridized carbons (Fsp3) is 0.375. The Balaban J connectivity index is 2.66. The van der Waals surface area contributed by atoms with Crippen LogP contribution in [0, 0.1) is 0 Å². The van der Waals surface area contributed by atoms with Gasteiger partial charge in [0.05, 0.1) is 6.04 Å². The fourth-order valence-electron chi connectivity index (χ4n) is 0.936. The quantitative estimate of drug-likeness (QED) is 0.577. The van der Waals surface area contributed by atoms with E-state index in [1.165, 1.54) is 0 Å². The van der Waals surface area contributed by atoms with Gasteiger partial charge in [-0.25, -0.2) is 0 Å². The van der Waals surface area contributed by atoms with Gasteiger partial charge < -0.3 is 10.6 Å². The molecule has 1 atom stereocenters. The van der Waals surface area contributed by atoms with Crippen molar-refractivity contribution in [3.05, 3.63) is 23.9 Å². The molecule has 3 heteroatoms. The summed E-state index contributed by atoms with van der Waals surface area (Å²) in [5, 5.41) is 6.88.